The highest BCUT2D eigenvalue weighted by Crippen LogP contribution is 2.36. The summed E-state index contributed by atoms with van der Waals surface area (Å²) in [5, 5.41) is 2.79. The number of nitrogens with two attached hydrogens (primary N) is 1. The van der Waals surface area contributed by atoms with Crippen molar-refractivity contribution in [1.29, 1.82) is 0 Å². The molecule has 0 spiro atoms. The standard InChI is InChI=1S/C10H20N2O/c1-9(13)12-8-4-2-3-5-10(11)6-7-10/h2-8,11H2,1H3,(H,12,13). The summed E-state index contributed by atoms with van der Waals surface area (Å²) in [7, 11) is 0. The van der Waals surface area contributed by atoms with Crippen molar-refractivity contribution in [1.82, 2.24) is 5.32 Å². The fraction of sp³-hybridized carbons (Fsp3) is 0.900. The first-order valence-electron chi connectivity index (χ1n) is 5.16. The highest BCUT2D eigenvalue weighted by atomic mass is 16.1. The van der Waals surface area contributed by atoms with E-state index < -0.39 is 0 Å². The summed E-state index contributed by atoms with van der Waals surface area (Å²) in [6, 6.07) is 0. The average molecular weight is 184 g/mol. The van der Waals surface area contributed by atoms with Crippen LogP contribution in [-0.4, -0.2) is 18.0 Å². The number of hydrogen-bond donors (Lipinski definition) is 2. The first-order valence-corrected chi connectivity index (χ1v) is 5.16. The second-order valence-electron chi connectivity index (χ2n) is 4.16. The summed E-state index contributed by atoms with van der Waals surface area (Å²) in [6.45, 7) is 2.37. The van der Waals surface area contributed by atoms with Gasteiger partial charge >= 0.3 is 0 Å². The van der Waals surface area contributed by atoms with E-state index in [0.29, 0.717) is 0 Å². The van der Waals surface area contributed by atoms with Crippen LogP contribution >= 0.6 is 0 Å². The highest BCUT2D eigenvalue weighted by Gasteiger charge is 2.36. The van der Waals surface area contributed by atoms with Crippen molar-refractivity contribution in [2.45, 2.75) is 51.0 Å². The van der Waals surface area contributed by atoms with Gasteiger partial charge in [0.1, 0.15) is 0 Å². The van der Waals surface area contributed by atoms with E-state index in [9.17, 15) is 4.79 Å². The van der Waals surface area contributed by atoms with E-state index in [1.165, 1.54) is 25.7 Å². The molecule has 0 bridgehead atoms. The van der Waals surface area contributed by atoms with Gasteiger partial charge in [0.25, 0.3) is 0 Å². The molecule has 3 heteroatoms. The average Bonchev–Trinajstić information content (AvgIpc) is 2.76. The fourth-order valence-corrected chi connectivity index (χ4v) is 1.45. The molecule has 0 heterocycles. The summed E-state index contributed by atoms with van der Waals surface area (Å²) in [4.78, 5) is 10.5. The number of rotatable bonds is 6. The Morgan fingerprint density at radius 3 is 2.62 bits per heavy atom. The second kappa shape index (κ2) is 4.61. The molecule has 1 aliphatic rings. The van der Waals surface area contributed by atoms with Gasteiger partial charge in [0.2, 0.25) is 5.91 Å². The minimum atomic E-state index is 0.0671. The SMILES string of the molecule is CC(=O)NCCCCCC1(N)CC1. The minimum absolute atomic E-state index is 0.0671. The molecule has 1 fully saturated rings. The molecule has 76 valence electrons. The summed E-state index contributed by atoms with van der Waals surface area (Å²) in [6.07, 6.45) is 7.04. The third kappa shape index (κ3) is 4.88. The molecule has 0 radical (unpaired) electrons. The first kappa shape index (κ1) is 10.5. The Labute approximate surface area is 80.1 Å². The molecule has 13 heavy (non-hydrogen) atoms. The van der Waals surface area contributed by atoms with Crippen LogP contribution in [-0.2, 0) is 4.79 Å². The van der Waals surface area contributed by atoms with Crippen molar-refractivity contribution in [2.24, 2.45) is 5.73 Å². The molecule has 1 rings (SSSR count). The molecule has 1 aliphatic carbocycles. The van der Waals surface area contributed by atoms with Crippen molar-refractivity contribution in [3.8, 4) is 0 Å². The lowest BCUT2D eigenvalue weighted by Gasteiger charge is -2.07. The van der Waals surface area contributed by atoms with Crippen molar-refractivity contribution in [3.05, 3.63) is 0 Å². The zero-order chi connectivity index (χ0) is 9.73. The maximum atomic E-state index is 10.5. The number of carbonyl (C=O) groups excluding carboxylic acids is 1. The van der Waals surface area contributed by atoms with Crippen molar-refractivity contribution < 1.29 is 4.79 Å². The number of hydrogen-bond acceptors (Lipinski definition) is 2. The summed E-state index contributed by atoms with van der Waals surface area (Å²) < 4.78 is 0. The molecule has 0 aromatic carbocycles. The van der Waals surface area contributed by atoms with Crippen LogP contribution in [0.1, 0.15) is 45.4 Å². The predicted octanol–water partition coefficient (Wildman–Crippen LogP) is 1.17. The zero-order valence-electron chi connectivity index (χ0n) is 8.44. The van der Waals surface area contributed by atoms with Crippen LogP contribution in [0.3, 0.4) is 0 Å². The van der Waals surface area contributed by atoms with E-state index in [0.717, 1.165) is 19.4 Å². The lowest BCUT2D eigenvalue weighted by atomic mass is 10.1. The summed E-state index contributed by atoms with van der Waals surface area (Å²) in [5.41, 5.74) is 6.14. The van der Waals surface area contributed by atoms with Gasteiger partial charge in [0.15, 0.2) is 0 Å². The van der Waals surface area contributed by atoms with Gasteiger partial charge in [-0.05, 0) is 25.7 Å². The maximum Gasteiger partial charge on any atom is 0.216 e. The lowest BCUT2D eigenvalue weighted by molar-refractivity contribution is -0.118. The normalized spacial score (nSPS) is 18.3. The molecule has 0 unspecified atom stereocenters. The Bertz CT molecular complexity index is 176. The summed E-state index contributed by atoms with van der Waals surface area (Å²) >= 11 is 0. The van der Waals surface area contributed by atoms with Crippen LogP contribution in [0.2, 0.25) is 0 Å². The Morgan fingerprint density at radius 2 is 2.08 bits per heavy atom. The van der Waals surface area contributed by atoms with Gasteiger partial charge in [-0.3, -0.25) is 4.79 Å². The van der Waals surface area contributed by atoms with Gasteiger partial charge in [-0.2, -0.15) is 0 Å². The Hall–Kier alpha value is -0.570. The number of carbonyl (C=O) groups is 1. The molecule has 0 aromatic heterocycles. The molecular formula is C10H20N2O. The Morgan fingerprint density at radius 1 is 1.38 bits per heavy atom. The van der Waals surface area contributed by atoms with Crippen LogP contribution in [0.15, 0.2) is 0 Å². The third-order valence-corrected chi connectivity index (χ3v) is 2.62. The zero-order valence-corrected chi connectivity index (χ0v) is 8.44. The van der Waals surface area contributed by atoms with E-state index in [2.05, 4.69) is 5.32 Å². The number of nitrogens with one attached hydrogen (secondary N) is 1. The molecule has 1 saturated carbocycles. The molecule has 3 N–H and O–H groups in total. The summed E-state index contributed by atoms with van der Waals surface area (Å²) in [5.74, 6) is 0.0671. The van der Waals surface area contributed by atoms with Crippen LogP contribution in [0, 0.1) is 0 Å². The molecule has 0 aromatic rings. The highest BCUT2D eigenvalue weighted by molar-refractivity contribution is 5.72. The molecular weight excluding hydrogens is 164 g/mol. The molecule has 0 atom stereocenters. The number of amides is 1. The van der Waals surface area contributed by atoms with E-state index in [1.54, 1.807) is 6.92 Å². The van der Waals surface area contributed by atoms with Crippen LogP contribution in [0.25, 0.3) is 0 Å². The Balaban J connectivity index is 1.81. The largest absolute Gasteiger partial charge is 0.356 e. The Kier molecular flexibility index (Phi) is 3.72. The monoisotopic (exact) mass is 184 g/mol. The topological polar surface area (TPSA) is 55.1 Å². The third-order valence-electron chi connectivity index (χ3n) is 2.62. The van der Waals surface area contributed by atoms with Crippen molar-refractivity contribution in [3.63, 3.8) is 0 Å². The molecule has 0 saturated heterocycles. The minimum Gasteiger partial charge on any atom is -0.356 e. The van der Waals surface area contributed by atoms with Crippen LogP contribution in [0.5, 0.6) is 0 Å². The number of unbranched alkanes of at least 4 members (excludes halogenated alkanes) is 2. The van der Waals surface area contributed by atoms with Gasteiger partial charge in [-0.25, -0.2) is 0 Å². The van der Waals surface area contributed by atoms with Gasteiger partial charge in [-0.1, -0.05) is 12.8 Å². The van der Waals surface area contributed by atoms with E-state index in [4.69, 9.17) is 5.73 Å². The fourth-order valence-electron chi connectivity index (χ4n) is 1.45. The lowest BCUT2D eigenvalue weighted by Crippen LogP contribution is -2.22. The smallest absolute Gasteiger partial charge is 0.216 e. The molecule has 3 nitrogen and oxygen atoms in total. The van der Waals surface area contributed by atoms with E-state index in [1.807, 2.05) is 0 Å². The maximum absolute atomic E-state index is 10.5. The van der Waals surface area contributed by atoms with Gasteiger partial charge < -0.3 is 11.1 Å². The quantitative estimate of drug-likeness (QED) is 0.609. The van der Waals surface area contributed by atoms with E-state index >= 15 is 0 Å². The van der Waals surface area contributed by atoms with Crippen molar-refractivity contribution >= 4 is 5.91 Å². The molecule has 0 aliphatic heterocycles. The van der Waals surface area contributed by atoms with Gasteiger partial charge in [-0.15, -0.1) is 0 Å². The first-order chi connectivity index (χ1) is 6.12. The predicted molar refractivity (Wildman–Crippen MR) is 53.3 cm³/mol. The van der Waals surface area contributed by atoms with Crippen LogP contribution in [0.4, 0.5) is 0 Å². The van der Waals surface area contributed by atoms with Crippen LogP contribution < -0.4 is 11.1 Å². The van der Waals surface area contributed by atoms with Gasteiger partial charge in [0, 0.05) is 19.0 Å². The van der Waals surface area contributed by atoms with Gasteiger partial charge in [0.05, 0.1) is 0 Å². The molecule has 1 amide bonds. The second-order valence-corrected chi connectivity index (χ2v) is 4.16. The van der Waals surface area contributed by atoms with Crippen molar-refractivity contribution in [2.75, 3.05) is 6.54 Å². The van der Waals surface area contributed by atoms with E-state index in [-0.39, 0.29) is 11.4 Å².